The molecule has 0 saturated carbocycles. The molecule has 7 nitrogen and oxygen atoms in total. The van der Waals surface area contributed by atoms with Crippen LogP contribution >= 0.6 is 11.3 Å². The molecule has 0 saturated heterocycles. The molecule has 0 atom stereocenters. The van der Waals surface area contributed by atoms with E-state index in [1.54, 1.807) is 51.1 Å². The topological polar surface area (TPSA) is 103 Å². The summed E-state index contributed by atoms with van der Waals surface area (Å²) in [7, 11) is 0. The number of allylic oxidation sites excluding steroid dienone is 1. The molecule has 0 unspecified atom stereocenters. The number of hydrogen-bond donors (Lipinski definition) is 0. The van der Waals surface area contributed by atoms with E-state index in [1.165, 1.54) is 6.08 Å². The first-order valence-corrected chi connectivity index (χ1v) is 11.1. The van der Waals surface area contributed by atoms with Gasteiger partial charge < -0.3 is 14.2 Å². The fraction of sp³-hybridized carbons (Fsp3) is 0.280. The molecule has 0 fully saturated rings. The Morgan fingerprint density at radius 3 is 2.30 bits per heavy atom. The van der Waals surface area contributed by atoms with Crippen molar-refractivity contribution < 1.29 is 28.6 Å². The Balaban J connectivity index is 2.34. The Kier molecular flexibility index (Phi) is 9.58. The van der Waals surface area contributed by atoms with Crippen LogP contribution < -0.4 is 4.74 Å². The average molecular weight is 468 g/mol. The van der Waals surface area contributed by atoms with Crippen LogP contribution in [0.25, 0.3) is 6.08 Å². The summed E-state index contributed by atoms with van der Waals surface area (Å²) in [6, 6.07) is 8.82. The first-order chi connectivity index (χ1) is 15.9. The maximum atomic E-state index is 12.9. The second kappa shape index (κ2) is 12.4. The van der Waals surface area contributed by atoms with E-state index in [0.717, 1.165) is 11.3 Å². The summed E-state index contributed by atoms with van der Waals surface area (Å²) in [5.41, 5.74) is 1.14. The lowest BCUT2D eigenvalue weighted by molar-refractivity contribution is -0.114. The largest absolute Gasteiger partial charge is 0.490 e. The van der Waals surface area contributed by atoms with Crippen molar-refractivity contribution >= 4 is 35.1 Å². The Bertz CT molecular complexity index is 1110. The summed E-state index contributed by atoms with van der Waals surface area (Å²) in [5.74, 6) is -1.04. The minimum Gasteiger partial charge on any atom is -0.490 e. The highest BCUT2D eigenvalue weighted by molar-refractivity contribution is 7.14. The second-order valence-electron chi connectivity index (χ2n) is 6.73. The molecule has 2 aromatic rings. The van der Waals surface area contributed by atoms with E-state index in [0.29, 0.717) is 28.4 Å². The highest BCUT2D eigenvalue weighted by Gasteiger charge is 2.27. The molecule has 0 amide bonds. The monoisotopic (exact) mass is 467 g/mol. The summed E-state index contributed by atoms with van der Waals surface area (Å²) in [5, 5.41) is 9.55. The number of thiophene rings is 1. The molecule has 0 bridgehead atoms. The lowest BCUT2D eigenvalue weighted by atomic mass is 10.0. The molecule has 0 aliphatic carbocycles. The van der Waals surface area contributed by atoms with Gasteiger partial charge in [-0.25, -0.2) is 9.59 Å². The number of ether oxygens (including phenoxy) is 3. The van der Waals surface area contributed by atoms with Gasteiger partial charge in [-0.05, 0) is 50.1 Å². The zero-order valence-corrected chi connectivity index (χ0v) is 19.6. The molecule has 1 aromatic heterocycles. The van der Waals surface area contributed by atoms with Crippen LogP contribution in [0, 0.1) is 18.3 Å². The number of ketones is 1. The molecule has 0 N–H and O–H groups in total. The van der Waals surface area contributed by atoms with Gasteiger partial charge in [-0.3, -0.25) is 4.79 Å². The Morgan fingerprint density at radius 2 is 1.73 bits per heavy atom. The third-order valence-electron chi connectivity index (χ3n) is 4.46. The van der Waals surface area contributed by atoms with E-state index in [9.17, 15) is 19.6 Å². The van der Waals surface area contributed by atoms with Gasteiger partial charge >= 0.3 is 11.9 Å². The summed E-state index contributed by atoms with van der Waals surface area (Å²) in [4.78, 5) is 38.3. The molecule has 0 aliphatic rings. The molecule has 0 aliphatic heterocycles. The van der Waals surface area contributed by atoms with Crippen LogP contribution in [-0.2, 0) is 20.7 Å². The number of hydrogen-bond acceptors (Lipinski definition) is 8. The van der Waals surface area contributed by atoms with Crippen molar-refractivity contribution in [2.24, 2.45) is 0 Å². The van der Waals surface area contributed by atoms with E-state index in [1.807, 2.05) is 6.07 Å². The van der Waals surface area contributed by atoms with Gasteiger partial charge in [0.15, 0.2) is 5.78 Å². The quantitative estimate of drug-likeness (QED) is 0.204. The van der Waals surface area contributed by atoms with Crippen molar-refractivity contribution in [3.8, 4) is 11.8 Å². The summed E-state index contributed by atoms with van der Waals surface area (Å²) in [6.07, 6.45) is 2.87. The lowest BCUT2D eigenvalue weighted by Gasteiger charge is -2.05. The molecule has 8 heteroatoms. The molecule has 33 heavy (non-hydrogen) atoms. The predicted octanol–water partition coefficient (Wildman–Crippen LogP) is 4.69. The van der Waals surface area contributed by atoms with Crippen LogP contribution in [-0.4, -0.2) is 37.5 Å². The van der Waals surface area contributed by atoms with Gasteiger partial charge in [0.1, 0.15) is 23.3 Å². The molecular formula is C25H25NO6S. The fourth-order valence-electron chi connectivity index (χ4n) is 2.96. The highest BCUT2D eigenvalue weighted by atomic mass is 32.1. The summed E-state index contributed by atoms with van der Waals surface area (Å²) < 4.78 is 15.6. The van der Waals surface area contributed by atoms with Crippen molar-refractivity contribution in [1.82, 2.24) is 0 Å². The maximum absolute atomic E-state index is 12.9. The third-order valence-corrected chi connectivity index (χ3v) is 5.73. The fourth-order valence-corrected chi connectivity index (χ4v) is 4.14. The normalized spacial score (nSPS) is 10.8. The molecule has 1 aromatic carbocycles. The number of rotatable bonds is 11. The van der Waals surface area contributed by atoms with Crippen LogP contribution in [0.5, 0.6) is 5.75 Å². The van der Waals surface area contributed by atoms with Crippen LogP contribution in [0.4, 0.5) is 0 Å². The van der Waals surface area contributed by atoms with Gasteiger partial charge in [0.05, 0.1) is 24.4 Å². The first-order valence-electron chi connectivity index (χ1n) is 10.3. The predicted molar refractivity (Wildman–Crippen MR) is 125 cm³/mol. The Hall–Kier alpha value is -3.70. The van der Waals surface area contributed by atoms with E-state index >= 15 is 0 Å². The minimum absolute atomic E-state index is 0.0756. The van der Waals surface area contributed by atoms with Gasteiger partial charge in [-0.1, -0.05) is 24.8 Å². The SMILES string of the molecule is C=CCOc1ccc(/C=C(\C#N)C(=O)Cc2sc(C(=O)OCC)c(C)c2C(=O)OCC)cc1. The second-order valence-corrected chi connectivity index (χ2v) is 7.84. The van der Waals surface area contributed by atoms with E-state index in [-0.39, 0.29) is 35.6 Å². The van der Waals surface area contributed by atoms with Gasteiger partial charge in [0.2, 0.25) is 0 Å². The number of nitriles is 1. The molecule has 0 radical (unpaired) electrons. The van der Waals surface area contributed by atoms with Crippen LogP contribution in [0.2, 0.25) is 0 Å². The van der Waals surface area contributed by atoms with Crippen molar-refractivity contribution in [1.29, 1.82) is 5.26 Å². The molecular weight excluding hydrogens is 442 g/mol. The number of carbonyl (C=O) groups is 3. The Labute approximate surface area is 196 Å². The molecule has 1 heterocycles. The van der Waals surface area contributed by atoms with Crippen molar-refractivity contribution in [2.45, 2.75) is 27.2 Å². The van der Waals surface area contributed by atoms with E-state index < -0.39 is 17.7 Å². The number of esters is 2. The zero-order chi connectivity index (χ0) is 24.4. The van der Waals surface area contributed by atoms with E-state index in [4.69, 9.17) is 14.2 Å². The van der Waals surface area contributed by atoms with Crippen molar-refractivity contribution in [2.75, 3.05) is 19.8 Å². The summed E-state index contributed by atoms with van der Waals surface area (Å²) >= 11 is 1.00. The average Bonchev–Trinajstić information content (AvgIpc) is 3.12. The minimum atomic E-state index is -0.623. The number of benzene rings is 1. The smallest absolute Gasteiger partial charge is 0.348 e. The van der Waals surface area contributed by atoms with Crippen LogP contribution in [0.1, 0.15) is 49.9 Å². The van der Waals surface area contributed by atoms with Gasteiger partial charge in [-0.2, -0.15) is 5.26 Å². The molecule has 0 spiro atoms. The van der Waals surface area contributed by atoms with Gasteiger partial charge in [0.25, 0.3) is 0 Å². The summed E-state index contributed by atoms with van der Waals surface area (Å²) in [6.45, 7) is 9.24. The van der Waals surface area contributed by atoms with Crippen molar-refractivity contribution in [3.63, 3.8) is 0 Å². The standard InChI is InChI=1S/C25H25NO6S/c1-5-12-32-19-10-8-17(9-11-19)13-18(15-26)20(27)14-21-22(24(28)30-6-2)16(4)23(33-21)25(29)31-7-3/h5,8-11,13H,1,6-7,12,14H2,2-4H3/b18-13+. The highest BCUT2D eigenvalue weighted by Crippen LogP contribution is 2.31. The third kappa shape index (κ3) is 6.64. The zero-order valence-electron chi connectivity index (χ0n) is 18.8. The van der Waals surface area contributed by atoms with E-state index in [2.05, 4.69) is 6.58 Å². The number of nitrogens with zero attached hydrogens (tertiary/aromatic N) is 1. The van der Waals surface area contributed by atoms with Crippen LogP contribution in [0.15, 0.2) is 42.5 Å². The lowest BCUT2D eigenvalue weighted by Crippen LogP contribution is -2.12. The van der Waals surface area contributed by atoms with Crippen molar-refractivity contribution in [3.05, 3.63) is 68.9 Å². The van der Waals surface area contributed by atoms with Gasteiger partial charge in [-0.15, -0.1) is 11.3 Å². The molecule has 2 rings (SSSR count). The number of carbonyl (C=O) groups excluding carboxylic acids is 3. The maximum Gasteiger partial charge on any atom is 0.348 e. The Morgan fingerprint density at radius 1 is 1.09 bits per heavy atom. The number of Topliss-reactive ketones (excluding diaryl/α,β-unsaturated/α-hetero) is 1. The van der Waals surface area contributed by atoms with Crippen LogP contribution in [0.3, 0.4) is 0 Å². The van der Waals surface area contributed by atoms with Gasteiger partial charge in [0, 0.05) is 11.3 Å². The molecule has 172 valence electrons. The first kappa shape index (κ1) is 25.6.